The molecule has 8 heteroatoms. The SMILES string of the molecule is O=C(O)c1cccc(CS(=O)(=O)Nc2ncccc2Br)c1. The zero-order valence-electron chi connectivity index (χ0n) is 10.7. The molecule has 1 heterocycles. The molecule has 0 unspecified atom stereocenters. The predicted molar refractivity (Wildman–Crippen MR) is 81.6 cm³/mol. The second kappa shape index (κ2) is 6.23. The Kier molecular flexibility index (Phi) is 4.59. The summed E-state index contributed by atoms with van der Waals surface area (Å²) in [7, 11) is -3.69. The van der Waals surface area contributed by atoms with Gasteiger partial charge in [0.15, 0.2) is 5.82 Å². The van der Waals surface area contributed by atoms with E-state index in [1.54, 1.807) is 18.2 Å². The summed E-state index contributed by atoms with van der Waals surface area (Å²) in [5.74, 6) is -1.25. The van der Waals surface area contributed by atoms with Crippen LogP contribution in [0.3, 0.4) is 0 Å². The molecular weight excluding hydrogens is 360 g/mol. The Morgan fingerprint density at radius 3 is 2.71 bits per heavy atom. The van der Waals surface area contributed by atoms with Crippen LogP contribution in [0.4, 0.5) is 5.82 Å². The minimum absolute atomic E-state index is 0.0433. The zero-order valence-corrected chi connectivity index (χ0v) is 13.1. The lowest BCUT2D eigenvalue weighted by molar-refractivity contribution is 0.0696. The number of aromatic nitrogens is 1. The molecule has 0 fully saturated rings. The van der Waals surface area contributed by atoms with Crippen molar-refractivity contribution in [3.05, 3.63) is 58.2 Å². The maximum absolute atomic E-state index is 12.1. The number of carboxylic acid groups (broad SMARTS) is 1. The lowest BCUT2D eigenvalue weighted by Gasteiger charge is -2.09. The molecule has 6 nitrogen and oxygen atoms in total. The number of hydrogen-bond donors (Lipinski definition) is 2. The third-order valence-electron chi connectivity index (χ3n) is 2.54. The van der Waals surface area contributed by atoms with E-state index in [1.807, 2.05) is 0 Å². The number of rotatable bonds is 5. The van der Waals surface area contributed by atoms with Crippen molar-refractivity contribution in [2.24, 2.45) is 0 Å². The van der Waals surface area contributed by atoms with Crippen molar-refractivity contribution >= 4 is 37.7 Å². The lowest BCUT2D eigenvalue weighted by Crippen LogP contribution is -2.16. The fourth-order valence-corrected chi connectivity index (χ4v) is 3.29. The van der Waals surface area contributed by atoms with E-state index in [-0.39, 0.29) is 17.1 Å². The second-order valence-corrected chi connectivity index (χ2v) is 6.78. The molecule has 0 aliphatic heterocycles. The highest BCUT2D eigenvalue weighted by atomic mass is 79.9. The fourth-order valence-electron chi connectivity index (χ4n) is 1.66. The monoisotopic (exact) mass is 370 g/mol. The Labute approximate surface area is 130 Å². The van der Waals surface area contributed by atoms with Crippen LogP contribution in [0.25, 0.3) is 0 Å². The van der Waals surface area contributed by atoms with Crippen molar-refractivity contribution in [2.45, 2.75) is 5.75 Å². The van der Waals surface area contributed by atoms with Crippen molar-refractivity contribution in [3.8, 4) is 0 Å². The standard InChI is InChI=1S/C13H11BrN2O4S/c14-11-5-2-6-15-12(11)16-21(19,20)8-9-3-1-4-10(7-9)13(17)18/h1-7H,8H2,(H,15,16)(H,17,18). The molecule has 0 saturated heterocycles. The van der Waals surface area contributed by atoms with Crippen molar-refractivity contribution < 1.29 is 18.3 Å². The number of carbonyl (C=O) groups is 1. The van der Waals surface area contributed by atoms with Crippen LogP contribution in [0, 0.1) is 0 Å². The molecule has 2 rings (SSSR count). The van der Waals surface area contributed by atoms with Gasteiger partial charge in [0.05, 0.1) is 15.8 Å². The smallest absolute Gasteiger partial charge is 0.335 e. The highest BCUT2D eigenvalue weighted by Crippen LogP contribution is 2.20. The van der Waals surface area contributed by atoms with Gasteiger partial charge >= 0.3 is 5.97 Å². The zero-order chi connectivity index (χ0) is 15.5. The van der Waals surface area contributed by atoms with Crippen LogP contribution in [0.15, 0.2) is 47.1 Å². The summed E-state index contributed by atoms with van der Waals surface area (Å²) in [5, 5.41) is 8.90. The van der Waals surface area contributed by atoms with Crippen molar-refractivity contribution in [2.75, 3.05) is 4.72 Å². The number of hydrogen-bond acceptors (Lipinski definition) is 4. The van der Waals surface area contributed by atoms with E-state index < -0.39 is 16.0 Å². The molecule has 1 aromatic heterocycles. The van der Waals surface area contributed by atoms with E-state index in [1.165, 1.54) is 24.4 Å². The van der Waals surface area contributed by atoms with E-state index in [0.717, 1.165) is 0 Å². The molecule has 0 aliphatic carbocycles. The molecule has 0 atom stereocenters. The average molecular weight is 371 g/mol. The number of anilines is 1. The molecule has 2 aromatic rings. The van der Waals surface area contributed by atoms with Crippen LogP contribution in [-0.2, 0) is 15.8 Å². The van der Waals surface area contributed by atoms with Gasteiger partial charge in [-0.1, -0.05) is 12.1 Å². The van der Waals surface area contributed by atoms with Gasteiger partial charge in [-0.05, 0) is 45.8 Å². The van der Waals surface area contributed by atoms with Crippen LogP contribution < -0.4 is 4.72 Å². The molecular formula is C13H11BrN2O4S. The number of pyridine rings is 1. The van der Waals surface area contributed by atoms with Crippen molar-refractivity contribution in [3.63, 3.8) is 0 Å². The Balaban J connectivity index is 2.20. The van der Waals surface area contributed by atoms with Crippen molar-refractivity contribution in [1.29, 1.82) is 0 Å². The number of sulfonamides is 1. The number of aromatic carboxylic acids is 1. The quantitative estimate of drug-likeness (QED) is 0.842. The average Bonchev–Trinajstić information content (AvgIpc) is 2.41. The molecule has 2 N–H and O–H groups in total. The first-order valence-corrected chi connectivity index (χ1v) is 8.25. The summed E-state index contributed by atoms with van der Waals surface area (Å²) in [6.07, 6.45) is 1.47. The third kappa shape index (κ3) is 4.27. The van der Waals surface area contributed by atoms with Crippen LogP contribution in [-0.4, -0.2) is 24.5 Å². The number of halogens is 1. The van der Waals surface area contributed by atoms with E-state index >= 15 is 0 Å². The Morgan fingerprint density at radius 2 is 2.05 bits per heavy atom. The maximum Gasteiger partial charge on any atom is 0.335 e. The molecule has 0 spiro atoms. The maximum atomic E-state index is 12.1. The van der Waals surface area contributed by atoms with E-state index in [2.05, 4.69) is 25.6 Å². The van der Waals surface area contributed by atoms with Gasteiger partial charge in [-0.3, -0.25) is 4.72 Å². The summed E-state index contributed by atoms with van der Waals surface area (Å²) >= 11 is 3.20. The molecule has 0 amide bonds. The Morgan fingerprint density at radius 1 is 1.29 bits per heavy atom. The van der Waals surface area contributed by atoms with Gasteiger partial charge in [0, 0.05) is 6.20 Å². The predicted octanol–water partition coefficient (Wildman–Crippen LogP) is 2.48. The van der Waals surface area contributed by atoms with E-state index in [0.29, 0.717) is 10.0 Å². The van der Waals surface area contributed by atoms with Gasteiger partial charge in [0.2, 0.25) is 10.0 Å². The topological polar surface area (TPSA) is 96.4 Å². The van der Waals surface area contributed by atoms with Crippen LogP contribution in [0.5, 0.6) is 0 Å². The second-order valence-electron chi connectivity index (χ2n) is 4.20. The highest BCUT2D eigenvalue weighted by molar-refractivity contribution is 9.10. The normalized spacial score (nSPS) is 11.1. The van der Waals surface area contributed by atoms with E-state index in [9.17, 15) is 13.2 Å². The molecule has 21 heavy (non-hydrogen) atoms. The summed E-state index contributed by atoms with van der Waals surface area (Å²) < 4.78 is 27.0. The van der Waals surface area contributed by atoms with Gasteiger partial charge in [-0.25, -0.2) is 18.2 Å². The Hall–Kier alpha value is -1.93. The third-order valence-corrected chi connectivity index (χ3v) is 4.40. The summed E-state index contributed by atoms with van der Waals surface area (Å²) in [4.78, 5) is 14.8. The fraction of sp³-hybridized carbons (Fsp3) is 0.0769. The first-order valence-electron chi connectivity index (χ1n) is 5.80. The molecule has 0 radical (unpaired) electrons. The molecule has 0 saturated carbocycles. The van der Waals surface area contributed by atoms with Crippen LogP contribution >= 0.6 is 15.9 Å². The summed E-state index contributed by atoms with van der Waals surface area (Å²) in [6, 6.07) is 9.12. The molecule has 0 bridgehead atoms. The Bertz CT molecular complexity index is 777. The van der Waals surface area contributed by atoms with Crippen molar-refractivity contribution in [1.82, 2.24) is 4.98 Å². The van der Waals surface area contributed by atoms with E-state index in [4.69, 9.17) is 5.11 Å². The van der Waals surface area contributed by atoms with Crippen LogP contribution in [0.2, 0.25) is 0 Å². The minimum atomic E-state index is -3.69. The van der Waals surface area contributed by atoms with Gasteiger partial charge in [-0.2, -0.15) is 0 Å². The number of carboxylic acids is 1. The largest absolute Gasteiger partial charge is 0.478 e. The number of benzene rings is 1. The molecule has 0 aliphatic rings. The van der Waals surface area contributed by atoms with Gasteiger partial charge in [0.25, 0.3) is 0 Å². The van der Waals surface area contributed by atoms with Gasteiger partial charge < -0.3 is 5.11 Å². The number of nitrogens with one attached hydrogen (secondary N) is 1. The first-order chi connectivity index (χ1) is 9.87. The lowest BCUT2D eigenvalue weighted by atomic mass is 10.1. The first kappa shape index (κ1) is 15.5. The minimum Gasteiger partial charge on any atom is -0.478 e. The number of nitrogens with zero attached hydrogens (tertiary/aromatic N) is 1. The van der Waals surface area contributed by atoms with Gasteiger partial charge in [0.1, 0.15) is 0 Å². The van der Waals surface area contributed by atoms with Gasteiger partial charge in [-0.15, -0.1) is 0 Å². The molecule has 1 aromatic carbocycles. The van der Waals surface area contributed by atoms with Crippen LogP contribution in [0.1, 0.15) is 15.9 Å². The summed E-state index contributed by atoms with van der Waals surface area (Å²) in [5.41, 5.74) is 0.427. The highest BCUT2D eigenvalue weighted by Gasteiger charge is 2.15. The molecule has 110 valence electrons. The summed E-state index contributed by atoms with van der Waals surface area (Å²) in [6.45, 7) is 0.